The molecule has 1 aliphatic heterocycles. The van der Waals surface area contributed by atoms with Crippen molar-refractivity contribution in [2.75, 3.05) is 31.1 Å². The summed E-state index contributed by atoms with van der Waals surface area (Å²) in [6.07, 6.45) is 1.66. The molecule has 1 aromatic heterocycles. The summed E-state index contributed by atoms with van der Waals surface area (Å²) >= 11 is 0. The average Bonchev–Trinajstić information content (AvgIpc) is 2.76. The minimum atomic E-state index is -0.933. The monoisotopic (exact) mass is 373 g/mol. The number of aromatic nitrogens is 1. The molecular formula is C23H23N3O2. The summed E-state index contributed by atoms with van der Waals surface area (Å²) in [5, 5.41) is 9.46. The smallest absolute Gasteiger partial charge is 0.339 e. The lowest BCUT2D eigenvalue weighted by Crippen LogP contribution is -2.48. The topological polar surface area (TPSA) is 56.7 Å². The Morgan fingerprint density at radius 1 is 0.821 bits per heavy atom. The molecule has 142 valence electrons. The molecule has 0 spiro atoms. The molecule has 4 rings (SSSR count). The van der Waals surface area contributed by atoms with E-state index in [1.54, 1.807) is 18.3 Å². The number of benzene rings is 2. The zero-order valence-electron chi connectivity index (χ0n) is 15.6. The van der Waals surface area contributed by atoms with Crippen molar-refractivity contribution in [2.45, 2.75) is 6.04 Å². The molecule has 2 aromatic carbocycles. The zero-order chi connectivity index (χ0) is 19.3. The Kier molecular flexibility index (Phi) is 5.35. The van der Waals surface area contributed by atoms with E-state index in [1.807, 2.05) is 12.1 Å². The number of carbonyl (C=O) groups is 1. The molecule has 0 radical (unpaired) electrons. The molecule has 5 nitrogen and oxygen atoms in total. The third-order valence-electron chi connectivity index (χ3n) is 5.23. The van der Waals surface area contributed by atoms with E-state index in [0.29, 0.717) is 5.82 Å². The fraction of sp³-hybridized carbons (Fsp3) is 0.217. The second kappa shape index (κ2) is 8.23. The van der Waals surface area contributed by atoms with Gasteiger partial charge in [0.1, 0.15) is 11.4 Å². The first-order chi connectivity index (χ1) is 13.7. The molecule has 1 fully saturated rings. The summed E-state index contributed by atoms with van der Waals surface area (Å²) in [4.78, 5) is 20.4. The van der Waals surface area contributed by atoms with Crippen molar-refractivity contribution in [3.05, 3.63) is 95.7 Å². The minimum absolute atomic E-state index is 0.187. The van der Waals surface area contributed by atoms with E-state index >= 15 is 0 Å². The Bertz CT molecular complexity index is 883. The molecule has 1 saturated heterocycles. The number of carboxylic acids is 1. The lowest BCUT2D eigenvalue weighted by molar-refractivity contribution is 0.0697. The van der Waals surface area contributed by atoms with E-state index in [9.17, 15) is 9.90 Å². The quantitative estimate of drug-likeness (QED) is 0.739. The number of hydrogen-bond acceptors (Lipinski definition) is 4. The second-order valence-corrected chi connectivity index (χ2v) is 6.93. The van der Waals surface area contributed by atoms with Gasteiger partial charge in [-0.2, -0.15) is 0 Å². The second-order valence-electron chi connectivity index (χ2n) is 6.93. The highest BCUT2D eigenvalue weighted by molar-refractivity contribution is 5.93. The highest BCUT2D eigenvalue weighted by atomic mass is 16.4. The standard InChI is InChI=1S/C23H23N3O2/c27-23(28)20-12-7-13-24-22(20)26-16-14-25(15-17-26)21(18-8-3-1-4-9-18)19-10-5-2-6-11-19/h1-13,21H,14-17H2,(H,27,28). The van der Waals surface area contributed by atoms with Gasteiger partial charge in [0.05, 0.1) is 6.04 Å². The number of piperazine rings is 1. The van der Waals surface area contributed by atoms with Gasteiger partial charge in [-0.3, -0.25) is 4.90 Å². The lowest BCUT2D eigenvalue weighted by atomic mass is 9.96. The van der Waals surface area contributed by atoms with Gasteiger partial charge in [-0.15, -0.1) is 0 Å². The zero-order valence-corrected chi connectivity index (χ0v) is 15.6. The van der Waals surface area contributed by atoms with Gasteiger partial charge >= 0.3 is 5.97 Å². The van der Waals surface area contributed by atoms with Crippen LogP contribution in [0.1, 0.15) is 27.5 Å². The normalized spacial score (nSPS) is 15.0. The number of rotatable bonds is 5. The number of nitrogens with zero attached hydrogens (tertiary/aromatic N) is 3. The Labute approximate surface area is 164 Å². The van der Waals surface area contributed by atoms with Gasteiger partial charge in [0.15, 0.2) is 0 Å². The Morgan fingerprint density at radius 2 is 1.39 bits per heavy atom. The number of pyridine rings is 1. The first-order valence-corrected chi connectivity index (χ1v) is 9.51. The van der Waals surface area contributed by atoms with E-state index in [-0.39, 0.29) is 11.6 Å². The molecule has 0 unspecified atom stereocenters. The first-order valence-electron chi connectivity index (χ1n) is 9.51. The summed E-state index contributed by atoms with van der Waals surface area (Å²) in [6.45, 7) is 3.16. The summed E-state index contributed by atoms with van der Waals surface area (Å²) in [5.41, 5.74) is 2.80. The van der Waals surface area contributed by atoms with Crippen molar-refractivity contribution in [3.63, 3.8) is 0 Å². The number of anilines is 1. The predicted octanol–water partition coefficient (Wildman–Crippen LogP) is 3.69. The summed E-state index contributed by atoms with van der Waals surface area (Å²) in [6, 6.07) is 24.6. The van der Waals surface area contributed by atoms with Gasteiger partial charge in [-0.1, -0.05) is 60.7 Å². The van der Waals surface area contributed by atoms with Crippen molar-refractivity contribution >= 4 is 11.8 Å². The van der Waals surface area contributed by atoms with Crippen LogP contribution in [0, 0.1) is 0 Å². The molecule has 1 aliphatic rings. The molecule has 0 aliphatic carbocycles. The highest BCUT2D eigenvalue weighted by Gasteiger charge is 2.28. The Morgan fingerprint density at radius 3 is 1.93 bits per heavy atom. The number of hydrogen-bond donors (Lipinski definition) is 1. The SMILES string of the molecule is O=C(O)c1cccnc1N1CCN(C(c2ccccc2)c2ccccc2)CC1. The molecule has 1 N–H and O–H groups in total. The summed E-state index contributed by atoms with van der Waals surface area (Å²) in [7, 11) is 0. The van der Waals surface area contributed by atoms with Crippen LogP contribution in [-0.4, -0.2) is 47.1 Å². The Hall–Kier alpha value is -3.18. The molecule has 3 aromatic rings. The maximum absolute atomic E-state index is 11.5. The Balaban J connectivity index is 1.57. The van der Waals surface area contributed by atoms with Crippen LogP contribution < -0.4 is 4.90 Å². The molecule has 0 saturated carbocycles. The predicted molar refractivity (Wildman–Crippen MR) is 110 cm³/mol. The number of aromatic carboxylic acids is 1. The minimum Gasteiger partial charge on any atom is -0.478 e. The van der Waals surface area contributed by atoms with Crippen molar-refractivity contribution < 1.29 is 9.90 Å². The van der Waals surface area contributed by atoms with Crippen molar-refractivity contribution in [2.24, 2.45) is 0 Å². The van der Waals surface area contributed by atoms with Crippen LogP contribution in [-0.2, 0) is 0 Å². The highest BCUT2D eigenvalue weighted by Crippen LogP contribution is 2.30. The van der Waals surface area contributed by atoms with E-state index in [0.717, 1.165) is 26.2 Å². The maximum atomic E-state index is 11.5. The van der Waals surface area contributed by atoms with Gasteiger partial charge in [0.2, 0.25) is 0 Å². The van der Waals surface area contributed by atoms with Crippen LogP contribution in [0.25, 0.3) is 0 Å². The third-order valence-corrected chi connectivity index (χ3v) is 5.23. The first kappa shape index (κ1) is 18.2. The molecule has 28 heavy (non-hydrogen) atoms. The summed E-state index contributed by atoms with van der Waals surface area (Å²) < 4.78 is 0. The fourth-order valence-electron chi connectivity index (χ4n) is 3.89. The van der Waals surface area contributed by atoms with Gasteiger partial charge < -0.3 is 10.0 Å². The molecular weight excluding hydrogens is 350 g/mol. The average molecular weight is 373 g/mol. The lowest BCUT2D eigenvalue weighted by Gasteiger charge is -2.40. The third kappa shape index (κ3) is 3.75. The van der Waals surface area contributed by atoms with Crippen LogP contribution in [0.5, 0.6) is 0 Å². The molecule has 0 amide bonds. The van der Waals surface area contributed by atoms with Crippen LogP contribution in [0.2, 0.25) is 0 Å². The molecule has 2 heterocycles. The van der Waals surface area contributed by atoms with Crippen LogP contribution in [0.15, 0.2) is 79.0 Å². The van der Waals surface area contributed by atoms with Crippen molar-refractivity contribution in [3.8, 4) is 0 Å². The van der Waals surface area contributed by atoms with Gasteiger partial charge in [0.25, 0.3) is 0 Å². The van der Waals surface area contributed by atoms with E-state index < -0.39 is 5.97 Å². The largest absolute Gasteiger partial charge is 0.478 e. The van der Waals surface area contributed by atoms with Gasteiger partial charge in [-0.05, 0) is 23.3 Å². The van der Waals surface area contributed by atoms with Gasteiger partial charge in [0, 0.05) is 32.4 Å². The van der Waals surface area contributed by atoms with E-state index in [1.165, 1.54) is 11.1 Å². The molecule has 0 bridgehead atoms. The fourth-order valence-corrected chi connectivity index (χ4v) is 3.89. The molecule has 5 heteroatoms. The summed E-state index contributed by atoms with van der Waals surface area (Å²) in [5.74, 6) is -0.373. The molecule has 0 atom stereocenters. The van der Waals surface area contributed by atoms with Crippen LogP contribution >= 0.6 is 0 Å². The number of carboxylic acid groups (broad SMARTS) is 1. The van der Waals surface area contributed by atoms with E-state index in [2.05, 4.69) is 63.3 Å². The van der Waals surface area contributed by atoms with E-state index in [4.69, 9.17) is 0 Å². The maximum Gasteiger partial charge on any atom is 0.339 e. The van der Waals surface area contributed by atoms with Crippen LogP contribution in [0.4, 0.5) is 5.82 Å². The van der Waals surface area contributed by atoms with Crippen molar-refractivity contribution in [1.82, 2.24) is 9.88 Å². The van der Waals surface area contributed by atoms with Crippen molar-refractivity contribution in [1.29, 1.82) is 0 Å². The van der Waals surface area contributed by atoms with Crippen LogP contribution in [0.3, 0.4) is 0 Å². The van der Waals surface area contributed by atoms with Gasteiger partial charge in [-0.25, -0.2) is 9.78 Å².